The highest BCUT2D eigenvalue weighted by atomic mass is 19.1. The lowest BCUT2D eigenvalue weighted by atomic mass is 10.1. The van der Waals surface area contributed by atoms with E-state index in [0.717, 1.165) is 55.2 Å². The summed E-state index contributed by atoms with van der Waals surface area (Å²) in [4.78, 5) is 14.2. The second kappa shape index (κ2) is 9.72. The Morgan fingerprint density at radius 1 is 1.00 bits per heavy atom. The van der Waals surface area contributed by atoms with Gasteiger partial charge in [-0.3, -0.25) is 4.90 Å². The summed E-state index contributed by atoms with van der Waals surface area (Å²) >= 11 is 0. The summed E-state index contributed by atoms with van der Waals surface area (Å²) in [5.74, 6) is 2.42. The number of halogens is 1. The smallest absolute Gasteiger partial charge is 0.229 e. The average Bonchev–Trinajstić information content (AvgIpc) is 2.86. The molecule has 0 spiro atoms. The van der Waals surface area contributed by atoms with Gasteiger partial charge in [0.25, 0.3) is 0 Å². The number of rotatable bonds is 6. The van der Waals surface area contributed by atoms with Crippen molar-refractivity contribution in [3.8, 4) is 17.4 Å². The number of aromatic nitrogens is 2. The minimum absolute atomic E-state index is 0.222. The van der Waals surface area contributed by atoms with Crippen LogP contribution in [0, 0.1) is 5.82 Å². The van der Waals surface area contributed by atoms with Crippen molar-refractivity contribution in [2.24, 2.45) is 0 Å². The molecule has 1 fully saturated rings. The number of hydrogen-bond donors (Lipinski definition) is 0. The third-order valence-electron chi connectivity index (χ3n) is 5.96. The van der Waals surface area contributed by atoms with E-state index in [1.54, 1.807) is 7.11 Å². The number of morpholine rings is 1. The lowest BCUT2D eigenvalue weighted by molar-refractivity contribution is 0.122. The van der Waals surface area contributed by atoms with Gasteiger partial charge in [0.15, 0.2) is 0 Å². The number of ether oxygens (including phenoxy) is 3. The number of hydrogen-bond acceptors (Lipinski definition) is 7. The van der Waals surface area contributed by atoms with E-state index >= 15 is 0 Å². The maximum Gasteiger partial charge on any atom is 0.229 e. The molecule has 5 rings (SSSR count). The molecule has 0 radical (unpaired) electrons. The Morgan fingerprint density at radius 2 is 1.79 bits per heavy atom. The molecule has 2 aromatic carbocycles. The van der Waals surface area contributed by atoms with E-state index in [1.165, 1.54) is 12.1 Å². The summed E-state index contributed by atoms with van der Waals surface area (Å²) < 4.78 is 30.4. The minimum Gasteiger partial charge on any atom is -0.497 e. The fourth-order valence-electron chi connectivity index (χ4n) is 4.18. The van der Waals surface area contributed by atoms with Crippen molar-refractivity contribution in [2.75, 3.05) is 44.9 Å². The van der Waals surface area contributed by atoms with Crippen molar-refractivity contribution in [1.29, 1.82) is 0 Å². The molecular formula is C25H27FN4O3. The zero-order valence-corrected chi connectivity index (χ0v) is 18.7. The van der Waals surface area contributed by atoms with E-state index in [1.807, 2.05) is 36.4 Å². The Hall–Kier alpha value is -3.23. The lowest BCUT2D eigenvalue weighted by Gasteiger charge is -2.31. The van der Waals surface area contributed by atoms with Gasteiger partial charge in [0.1, 0.15) is 17.3 Å². The van der Waals surface area contributed by atoms with Gasteiger partial charge in [0.05, 0.1) is 31.6 Å². The quantitative estimate of drug-likeness (QED) is 0.566. The number of nitrogens with zero attached hydrogens (tertiary/aromatic N) is 4. The maximum atomic E-state index is 13.3. The first-order chi connectivity index (χ1) is 16.2. The molecule has 33 heavy (non-hydrogen) atoms. The van der Waals surface area contributed by atoms with Crippen LogP contribution in [-0.2, 0) is 24.2 Å². The van der Waals surface area contributed by atoms with Crippen LogP contribution < -0.4 is 14.4 Å². The number of anilines is 1. The van der Waals surface area contributed by atoms with Crippen LogP contribution in [0.1, 0.15) is 16.8 Å². The fraction of sp³-hybridized carbons (Fsp3) is 0.360. The summed E-state index contributed by atoms with van der Waals surface area (Å²) in [6.45, 7) is 5.10. The molecule has 1 aromatic heterocycles. The van der Waals surface area contributed by atoms with Crippen molar-refractivity contribution in [3.05, 3.63) is 71.2 Å². The molecule has 0 atom stereocenters. The van der Waals surface area contributed by atoms with Gasteiger partial charge in [-0.05, 0) is 29.8 Å². The molecule has 0 N–H and O–H groups in total. The third kappa shape index (κ3) is 5.07. The summed E-state index contributed by atoms with van der Waals surface area (Å²) in [5.41, 5.74) is 3.07. The number of methoxy groups -OCH3 is 1. The monoisotopic (exact) mass is 450 g/mol. The standard InChI is InChI=1S/C25H27FN4O3/c1-31-20-3-2-4-21(15-20)33-24-22-17-29(16-18-5-7-19(26)8-6-18)10-9-23(22)27-25(28-24)30-11-13-32-14-12-30/h2-8,15H,9-14,16-17H2,1H3. The lowest BCUT2D eigenvalue weighted by Crippen LogP contribution is -2.38. The average molecular weight is 451 g/mol. The van der Waals surface area contributed by atoms with E-state index < -0.39 is 0 Å². The molecule has 2 aliphatic heterocycles. The van der Waals surface area contributed by atoms with E-state index in [2.05, 4.69) is 9.80 Å². The van der Waals surface area contributed by atoms with Crippen molar-refractivity contribution in [2.45, 2.75) is 19.5 Å². The largest absolute Gasteiger partial charge is 0.497 e. The first-order valence-electron chi connectivity index (χ1n) is 11.2. The van der Waals surface area contributed by atoms with Crippen LogP contribution in [0.4, 0.5) is 10.3 Å². The van der Waals surface area contributed by atoms with E-state index in [-0.39, 0.29) is 5.82 Å². The Kier molecular flexibility index (Phi) is 6.37. The van der Waals surface area contributed by atoms with Gasteiger partial charge in [-0.1, -0.05) is 18.2 Å². The van der Waals surface area contributed by atoms with E-state index in [4.69, 9.17) is 24.2 Å². The Bertz CT molecular complexity index is 1100. The zero-order valence-electron chi connectivity index (χ0n) is 18.7. The molecule has 0 unspecified atom stereocenters. The SMILES string of the molecule is COc1cccc(Oc2nc(N3CCOCC3)nc3c2CN(Cc2ccc(F)cc2)CC3)c1. The minimum atomic E-state index is -0.222. The third-order valence-corrected chi connectivity index (χ3v) is 5.96. The predicted octanol–water partition coefficient (Wildman–Crippen LogP) is 3.81. The zero-order chi connectivity index (χ0) is 22.6. The highest BCUT2D eigenvalue weighted by Crippen LogP contribution is 2.33. The summed E-state index contributed by atoms with van der Waals surface area (Å²) in [5, 5.41) is 0. The second-order valence-electron chi connectivity index (χ2n) is 8.22. The molecule has 0 saturated carbocycles. The normalized spacial score (nSPS) is 16.4. The van der Waals surface area contributed by atoms with Gasteiger partial charge < -0.3 is 19.1 Å². The first kappa shape index (κ1) is 21.6. The maximum absolute atomic E-state index is 13.3. The predicted molar refractivity (Wildman–Crippen MR) is 122 cm³/mol. The van der Waals surface area contributed by atoms with Gasteiger partial charge >= 0.3 is 0 Å². The Morgan fingerprint density at radius 3 is 2.58 bits per heavy atom. The topological polar surface area (TPSA) is 60.0 Å². The molecule has 172 valence electrons. The molecule has 0 bridgehead atoms. The van der Waals surface area contributed by atoms with Crippen LogP contribution >= 0.6 is 0 Å². The highest BCUT2D eigenvalue weighted by Gasteiger charge is 2.26. The molecule has 7 nitrogen and oxygen atoms in total. The van der Waals surface area contributed by atoms with Crippen LogP contribution in [0.15, 0.2) is 48.5 Å². The van der Waals surface area contributed by atoms with Gasteiger partial charge in [-0.25, -0.2) is 9.37 Å². The molecule has 8 heteroatoms. The van der Waals surface area contributed by atoms with Crippen LogP contribution in [0.2, 0.25) is 0 Å². The van der Waals surface area contributed by atoms with Gasteiger partial charge in [-0.2, -0.15) is 4.98 Å². The highest BCUT2D eigenvalue weighted by molar-refractivity contribution is 5.44. The Labute approximate surface area is 192 Å². The van der Waals surface area contributed by atoms with Crippen LogP contribution in [0.25, 0.3) is 0 Å². The first-order valence-corrected chi connectivity index (χ1v) is 11.2. The van der Waals surface area contributed by atoms with Crippen molar-refractivity contribution >= 4 is 5.95 Å². The summed E-state index contributed by atoms with van der Waals surface area (Å²) in [6.07, 6.45) is 0.796. The molecule has 1 saturated heterocycles. The van der Waals surface area contributed by atoms with Crippen molar-refractivity contribution in [1.82, 2.24) is 14.9 Å². The Balaban J connectivity index is 1.45. The second-order valence-corrected chi connectivity index (χ2v) is 8.22. The molecule has 3 heterocycles. The molecule has 0 amide bonds. The van der Waals surface area contributed by atoms with Crippen LogP contribution in [-0.4, -0.2) is 54.8 Å². The van der Waals surface area contributed by atoms with E-state index in [0.29, 0.717) is 37.3 Å². The number of fused-ring (bicyclic) bond motifs is 1. The molecular weight excluding hydrogens is 423 g/mol. The summed E-state index contributed by atoms with van der Waals surface area (Å²) in [6, 6.07) is 14.2. The summed E-state index contributed by atoms with van der Waals surface area (Å²) in [7, 11) is 1.63. The fourth-order valence-corrected chi connectivity index (χ4v) is 4.18. The van der Waals surface area contributed by atoms with Crippen LogP contribution in [0.5, 0.6) is 17.4 Å². The molecule has 0 aliphatic carbocycles. The van der Waals surface area contributed by atoms with Crippen LogP contribution in [0.3, 0.4) is 0 Å². The van der Waals surface area contributed by atoms with E-state index in [9.17, 15) is 4.39 Å². The molecule has 2 aliphatic rings. The van der Waals surface area contributed by atoms with Crippen molar-refractivity contribution < 1.29 is 18.6 Å². The molecule has 3 aromatic rings. The van der Waals surface area contributed by atoms with Gasteiger partial charge in [0, 0.05) is 45.2 Å². The van der Waals surface area contributed by atoms with Gasteiger partial charge in [-0.15, -0.1) is 0 Å². The number of benzene rings is 2. The van der Waals surface area contributed by atoms with Crippen molar-refractivity contribution in [3.63, 3.8) is 0 Å². The van der Waals surface area contributed by atoms with Gasteiger partial charge in [0.2, 0.25) is 11.8 Å².